The number of phenols is 1. The van der Waals surface area contributed by atoms with Gasteiger partial charge in [0, 0.05) is 13.0 Å². The Balaban J connectivity index is 1.42. The molecule has 4 rings (SSSR count). The zero-order valence-electron chi connectivity index (χ0n) is 22.5. The van der Waals surface area contributed by atoms with Crippen LogP contribution in [0.25, 0.3) is 11.6 Å². The summed E-state index contributed by atoms with van der Waals surface area (Å²) in [4.78, 5) is 2.50. The van der Waals surface area contributed by atoms with Crippen LogP contribution in [0.5, 0.6) is 17.2 Å². The predicted octanol–water partition coefficient (Wildman–Crippen LogP) is 7.64. The van der Waals surface area contributed by atoms with E-state index in [1.807, 2.05) is 13.0 Å². The fourth-order valence-electron chi connectivity index (χ4n) is 5.20. The summed E-state index contributed by atoms with van der Waals surface area (Å²) in [6, 6.07) is 9.91. The van der Waals surface area contributed by atoms with E-state index in [2.05, 4.69) is 61.4 Å². The van der Waals surface area contributed by atoms with Gasteiger partial charge in [0.2, 0.25) is 0 Å². The smallest absolute Gasteiger partial charge is 0.161 e. The highest BCUT2D eigenvalue weighted by molar-refractivity contribution is 5.82. The molecule has 1 aliphatic carbocycles. The fourth-order valence-corrected chi connectivity index (χ4v) is 5.20. The van der Waals surface area contributed by atoms with E-state index in [0.717, 1.165) is 65.0 Å². The van der Waals surface area contributed by atoms with Gasteiger partial charge in [-0.25, -0.2) is 0 Å². The van der Waals surface area contributed by atoms with Crippen molar-refractivity contribution in [2.24, 2.45) is 0 Å². The molecule has 0 aromatic heterocycles. The van der Waals surface area contributed by atoms with E-state index in [1.54, 1.807) is 12.1 Å². The number of rotatable bonds is 8. The Labute approximate surface area is 222 Å². The van der Waals surface area contributed by atoms with Gasteiger partial charge in [0.1, 0.15) is 18.5 Å². The Bertz CT molecular complexity index is 1170. The van der Waals surface area contributed by atoms with Crippen molar-refractivity contribution >= 4 is 11.6 Å². The lowest BCUT2D eigenvalue weighted by Gasteiger charge is -2.26. The molecule has 4 heteroatoms. The minimum Gasteiger partial charge on any atom is -0.504 e. The van der Waals surface area contributed by atoms with Crippen molar-refractivity contribution in [1.82, 2.24) is 4.90 Å². The summed E-state index contributed by atoms with van der Waals surface area (Å²) in [7, 11) is 0. The van der Waals surface area contributed by atoms with Crippen molar-refractivity contribution in [3.05, 3.63) is 89.5 Å². The number of piperidine rings is 1. The zero-order valence-corrected chi connectivity index (χ0v) is 22.5. The number of phenolic OH excluding ortho intramolecular Hbond substituents is 1. The Morgan fingerprint density at radius 2 is 1.92 bits per heavy atom. The van der Waals surface area contributed by atoms with E-state index >= 15 is 0 Å². The minimum atomic E-state index is -0.0578. The second-order valence-corrected chi connectivity index (χ2v) is 10.2. The number of hydrogen-bond acceptors (Lipinski definition) is 4. The van der Waals surface area contributed by atoms with E-state index in [0.29, 0.717) is 12.4 Å². The number of aryl methyl sites for hydroxylation is 1. The number of likely N-dealkylation sites (tertiary alicyclic amines) is 1. The lowest BCUT2D eigenvalue weighted by Crippen LogP contribution is -2.33. The van der Waals surface area contributed by atoms with Crippen LogP contribution < -0.4 is 9.47 Å². The maximum Gasteiger partial charge on any atom is 0.161 e. The highest BCUT2D eigenvalue weighted by Crippen LogP contribution is 2.35. The summed E-state index contributed by atoms with van der Waals surface area (Å²) in [5.41, 5.74) is 6.47. The number of hydrogen-bond donors (Lipinski definition) is 1. The number of allylic oxidation sites excluding steroid dienone is 4. The Morgan fingerprint density at radius 3 is 2.70 bits per heavy atom. The van der Waals surface area contributed by atoms with Gasteiger partial charge in [-0.05, 0) is 104 Å². The number of benzene rings is 2. The van der Waals surface area contributed by atoms with Crippen LogP contribution in [0, 0.1) is 13.8 Å². The van der Waals surface area contributed by atoms with Gasteiger partial charge in [0.25, 0.3) is 0 Å². The molecule has 2 aromatic rings. The van der Waals surface area contributed by atoms with Crippen molar-refractivity contribution in [2.75, 3.05) is 26.2 Å². The number of ether oxygens (including phenoxy) is 2. The van der Waals surface area contributed by atoms with Crippen LogP contribution in [0.4, 0.5) is 0 Å². The Hall–Kier alpha value is -3.24. The maximum atomic E-state index is 10.4. The van der Waals surface area contributed by atoms with Crippen molar-refractivity contribution in [2.45, 2.75) is 58.5 Å². The first kappa shape index (κ1) is 26.8. The first-order valence-corrected chi connectivity index (χ1v) is 13.6. The van der Waals surface area contributed by atoms with Crippen molar-refractivity contribution in [3.63, 3.8) is 0 Å². The SMILES string of the molecule is C=Cc1cc(OC2C/C=C\C=C(\c3cccc(OCCN4CCCCC4)c3C)C(=C)CC2)c(O)cc1C. The largest absolute Gasteiger partial charge is 0.504 e. The van der Waals surface area contributed by atoms with Crippen LogP contribution in [0.1, 0.15) is 60.8 Å². The standard InChI is InChI=1S/C33H41NO3/c1-5-27-23-33(31(35)22-25(27)3)37-28-12-7-8-13-29(24(2)16-17-28)30-14-11-15-32(26(30)4)36-21-20-34-18-9-6-10-19-34/h5,7-8,11,13-15,22-23,28,35H,1-2,6,9-10,12,16-21H2,3-4H3/b8-7-,29-13+. The van der Waals surface area contributed by atoms with Crippen molar-refractivity contribution in [1.29, 1.82) is 0 Å². The van der Waals surface area contributed by atoms with Crippen LogP contribution in [-0.2, 0) is 0 Å². The van der Waals surface area contributed by atoms with E-state index in [1.165, 1.54) is 32.4 Å². The molecule has 4 nitrogen and oxygen atoms in total. The third-order valence-corrected chi connectivity index (χ3v) is 7.50. The van der Waals surface area contributed by atoms with Crippen LogP contribution in [0.3, 0.4) is 0 Å². The molecule has 1 fully saturated rings. The molecule has 1 N–H and O–H groups in total. The summed E-state index contributed by atoms with van der Waals surface area (Å²) in [5, 5.41) is 10.4. The average Bonchev–Trinajstić information content (AvgIpc) is 2.98. The van der Waals surface area contributed by atoms with E-state index in [9.17, 15) is 5.11 Å². The molecule has 1 unspecified atom stereocenters. The lowest BCUT2D eigenvalue weighted by atomic mass is 9.91. The van der Waals surface area contributed by atoms with Gasteiger partial charge in [0.05, 0.1) is 0 Å². The monoisotopic (exact) mass is 499 g/mol. The second-order valence-electron chi connectivity index (χ2n) is 10.2. The molecule has 0 saturated carbocycles. The highest BCUT2D eigenvalue weighted by Gasteiger charge is 2.18. The van der Waals surface area contributed by atoms with Gasteiger partial charge in [-0.1, -0.05) is 56.0 Å². The molecule has 1 aliphatic heterocycles. The lowest BCUT2D eigenvalue weighted by molar-refractivity contribution is 0.183. The predicted molar refractivity (Wildman–Crippen MR) is 154 cm³/mol. The van der Waals surface area contributed by atoms with Crippen LogP contribution in [0.15, 0.2) is 67.3 Å². The molecule has 2 aromatic carbocycles. The van der Waals surface area contributed by atoms with Gasteiger partial charge < -0.3 is 14.6 Å². The summed E-state index contributed by atoms with van der Waals surface area (Å²) in [6.45, 7) is 16.5. The summed E-state index contributed by atoms with van der Waals surface area (Å²) in [6.07, 6.45) is 14.4. The molecule has 0 radical (unpaired) electrons. The van der Waals surface area contributed by atoms with Gasteiger partial charge in [-0.2, -0.15) is 0 Å². The number of aromatic hydroxyl groups is 1. The molecule has 1 saturated heterocycles. The topological polar surface area (TPSA) is 41.9 Å². The zero-order chi connectivity index (χ0) is 26.2. The fraction of sp³-hybridized carbons (Fsp3) is 0.394. The number of nitrogens with zero attached hydrogens (tertiary/aromatic N) is 1. The van der Waals surface area contributed by atoms with Crippen molar-refractivity contribution < 1.29 is 14.6 Å². The molecule has 0 spiro atoms. The molecule has 1 heterocycles. The molecule has 0 bridgehead atoms. The summed E-state index contributed by atoms with van der Waals surface area (Å²) >= 11 is 0. The summed E-state index contributed by atoms with van der Waals surface area (Å²) in [5.74, 6) is 1.61. The maximum absolute atomic E-state index is 10.4. The van der Waals surface area contributed by atoms with E-state index in [4.69, 9.17) is 9.47 Å². The Morgan fingerprint density at radius 1 is 1.11 bits per heavy atom. The van der Waals surface area contributed by atoms with Gasteiger partial charge in [0.15, 0.2) is 11.5 Å². The molecular weight excluding hydrogens is 458 g/mol. The third kappa shape index (κ3) is 6.95. The van der Waals surface area contributed by atoms with Gasteiger partial charge in [-0.15, -0.1) is 0 Å². The average molecular weight is 500 g/mol. The second kappa shape index (κ2) is 12.8. The molecule has 0 amide bonds. The first-order valence-electron chi connectivity index (χ1n) is 13.6. The molecule has 1 atom stereocenters. The highest BCUT2D eigenvalue weighted by atomic mass is 16.5. The van der Waals surface area contributed by atoms with E-state index in [-0.39, 0.29) is 11.9 Å². The quantitative estimate of drug-likeness (QED) is 0.405. The van der Waals surface area contributed by atoms with Gasteiger partial charge in [-0.3, -0.25) is 4.90 Å². The van der Waals surface area contributed by atoms with Gasteiger partial charge >= 0.3 is 0 Å². The van der Waals surface area contributed by atoms with Crippen LogP contribution in [-0.4, -0.2) is 42.4 Å². The van der Waals surface area contributed by atoms with Crippen molar-refractivity contribution in [3.8, 4) is 17.2 Å². The minimum absolute atomic E-state index is 0.0578. The van der Waals surface area contributed by atoms with Crippen LogP contribution in [0.2, 0.25) is 0 Å². The van der Waals surface area contributed by atoms with Crippen LogP contribution >= 0.6 is 0 Å². The Kier molecular flexibility index (Phi) is 9.29. The summed E-state index contributed by atoms with van der Waals surface area (Å²) < 4.78 is 12.5. The molecular formula is C33H41NO3. The molecule has 37 heavy (non-hydrogen) atoms. The molecule has 2 aliphatic rings. The third-order valence-electron chi connectivity index (χ3n) is 7.50. The van der Waals surface area contributed by atoms with E-state index < -0.39 is 0 Å². The molecule has 196 valence electrons. The normalized spacial score (nSPS) is 21.2. The first-order chi connectivity index (χ1) is 18.0.